The molecule has 3 rings (SSSR count). The zero-order valence-electron chi connectivity index (χ0n) is 12.7. The number of hydrogen-bond acceptors (Lipinski definition) is 6. The SMILES string of the molecule is CCOc1ccccc1C(=O)Nc1ccsc1-c1nc(C)no1. The van der Waals surface area contributed by atoms with Gasteiger partial charge in [-0.05, 0) is 37.4 Å². The summed E-state index contributed by atoms with van der Waals surface area (Å²) in [6, 6.07) is 8.94. The van der Waals surface area contributed by atoms with Crippen LogP contribution in [0.25, 0.3) is 10.8 Å². The Balaban J connectivity index is 1.86. The smallest absolute Gasteiger partial charge is 0.270 e. The van der Waals surface area contributed by atoms with E-state index in [4.69, 9.17) is 9.26 Å². The number of benzene rings is 1. The van der Waals surface area contributed by atoms with Crippen molar-refractivity contribution in [2.24, 2.45) is 0 Å². The predicted molar refractivity (Wildman–Crippen MR) is 87.9 cm³/mol. The highest BCUT2D eigenvalue weighted by Gasteiger charge is 2.18. The molecular formula is C16H15N3O3S. The van der Waals surface area contributed by atoms with Crippen LogP contribution in [0.15, 0.2) is 40.2 Å². The fraction of sp³-hybridized carbons (Fsp3) is 0.188. The summed E-state index contributed by atoms with van der Waals surface area (Å²) in [5.74, 6) is 1.25. The van der Waals surface area contributed by atoms with Crippen molar-refractivity contribution in [3.8, 4) is 16.5 Å². The van der Waals surface area contributed by atoms with Crippen molar-refractivity contribution in [3.63, 3.8) is 0 Å². The lowest BCUT2D eigenvalue weighted by atomic mass is 10.2. The van der Waals surface area contributed by atoms with Gasteiger partial charge in [-0.3, -0.25) is 4.79 Å². The van der Waals surface area contributed by atoms with Gasteiger partial charge in [0.05, 0.1) is 17.9 Å². The maximum absolute atomic E-state index is 12.5. The lowest BCUT2D eigenvalue weighted by molar-refractivity contribution is 0.102. The first kappa shape index (κ1) is 15.2. The second kappa shape index (κ2) is 6.62. The third-order valence-electron chi connectivity index (χ3n) is 3.07. The van der Waals surface area contributed by atoms with Gasteiger partial charge in [-0.2, -0.15) is 4.98 Å². The average molecular weight is 329 g/mol. The Hall–Kier alpha value is -2.67. The van der Waals surface area contributed by atoms with Crippen LogP contribution in [0.1, 0.15) is 23.1 Å². The van der Waals surface area contributed by atoms with E-state index in [-0.39, 0.29) is 5.91 Å². The molecule has 0 radical (unpaired) electrons. The fourth-order valence-electron chi connectivity index (χ4n) is 2.09. The summed E-state index contributed by atoms with van der Waals surface area (Å²) in [5.41, 5.74) is 1.11. The van der Waals surface area contributed by atoms with Gasteiger partial charge < -0.3 is 14.6 Å². The van der Waals surface area contributed by atoms with E-state index in [0.717, 1.165) is 4.88 Å². The highest BCUT2D eigenvalue weighted by molar-refractivity contribution is 7.14. The first-order valence-electron chi connectivity index (χ1n) is 7.10. The molecule has 0 fully saturated rings. The third kappa shape index (κ3) is 3.24. The van der Waals surface area contributed by atoms with Crippen molar-refractivity contribution in [1.29, 1.82) is 0 Å². The quantitative estimate of drug-likeness (QED) is 0.771. The molecule has 6 nitrogen and oxygen atoms in total. The Labute approximate surface area is 137 Å². The number of nitrogens with zero attached hydrogens (tertiary/aromatic N) is 2. The van der Waals surface area contributed by atoms with Crippen molar-refractivity contribution < 1.29 is 14.1 Å². The summed E-state index contributed by atoms with van der Waals surface area (Å²) < 4.78 is 10.7. The molecule has 7 heteroatoms. The third-order valence-corrected chi connectivity index (χ3v) is 3.97. The Kier molecular flexibility index (Phi) is 4.38. The minimum Gasteiger partial charge on any atom is -0.493 e. The molecule has 0 aliphatic rings. The lowest BCUT2D eigenvalue weighted by Gasteiger charge is -2.10. The van der Waals surface area contributed by atoms with Crippen LogP contribution < -0.4 is 10.1 Å². The number of aromatic nitrogens is 2. The van der Waals surface area contributed by atoms with E-state index in [1.807, 2.05) is 18.4 Å². The van der Waals surface area contributed by atoms with E-state index in [1.54, 1.807) is 31.2 Å². The van der Waals surface area contributed by atoms with Gasteiger partial charge in [0.15, 0.2) is 5.82 Å². The van der Waals surface area contributed by atoms with Crippen molar-refractivity contribution in [1.82, 2.24) is 10.1 Å². The lowest BCUT2D eigenvalue weighted by Crippen LogP contribution is -2.13. The van der Waals surface area contributed by atoms with E-state index in [2.05, 4.69) is 15.5 Å². The highest BCUT2D eigenvalue weighted by atomic mass is 32.1. The molecule has 0 bridgehead atoms. The topological polar surface area (TPSA) is 77.2 Å². The second-order valence-electron chi connectivity index (χ2n) is 4.69. The number of anilines is 1. The number of rotatable bonds is 5. The van der Waals surface area contributed by atoms with Crippen molar-refractivity contribution >= 4 is 22.9 Å². The first-order valence-corrected chi connectivity index (χ1v) is 7.98. The molecule has 0 atom stereocenters. The summed E-state index contributed by atoms with van der Waals surface area (Å²) >= 11 is 1.43. The Morgan fingerprint density at radius 3 is 2.91 bits per heavy atom. The molecule has 0 aliphatic carbocycles. The van der Waals surface area contributed by atoms with Gasteiger partial charge >= 0.3 is 0 Å². The van der Waals surface area contributed by atoms with Gasteiger partial charge in [-0.15, -0.1) is 11.3 Å². The molecule has 3 aromatic rings. The molecule has 0 aliphatic heterocycles. The zero-order chi connectivity index (χ0) is 16.2. The van der Waals surface area contributed by atoms with Crippen LogP contribution in [0.3, 0.4) is 0 Å². The van der Waals surface area contributed by atoms with Gasteiger partial charge in [0, 0.05) is 0 Å². The van der Waals surface area contributed by atoms with Gasteiger partial charge in [0.25, 0.3) is 11.8 Å². The molecule has 0 spiro atoms. The molecular weight excluding hydrogens is 314 g/mol. The molecule has 23 heavy (non-hydrogen) atoms. The van der Waals surface area contributed by atoms with E-state index in [0.29, 0.717) is 35.3 Å². The van der Waals surface area contributed by atoms with E-state index >= 15 is 0 Å². The van der Waals surface area contributed by atoms with Crippen LogP contribution >= 0.6 is 11.3 Å². The number of para-hydroxylation sites is 1. The van der Waals surface area contributed by atoms with Gasteiger partial charge in [0.2, 0.25) is 0 Å². The number of aryl methyl sites for hydroxylation is 1. The minimum atomic E-state index is -0.245. The van der Waals surface area contributed by atoms with E-state index in [1.165, 1.54) is 11.3 Å². The Morgan fingerprint density at radius 1 is 1.35 bits per heavy atom. The van der Waals surface area contributed by atoms with E-state index < -0.39 is 0 Å². The maximum atomic E-state index is 12.5. The normalized spacial score (nSPS) is 10.5. The number of carbonyl (C=O) groups is 1. The van der Waals surface area contributed by atoms with Crippen LogP contribution in [0, 0.1) is 6.92 Å². The predicted octanol–water partition coefficient (Wildman–Crippen LogP) is 3.76. The Bertz CT molecular complexity index is 825. The van der Waals surface area contributed by atoms with Crippen molar-refractivity contribution in [2.45, 2.75) is 13.8 Å². The number of nitrogens with one attached hydrogen (secondary N) is 1. The molecule has 1 aromatic carbocycles. The summed E-state index contributed by atoms with van der Waals surface area (Å²) in [5, 5.41) is 8.51. The van der Waals surface area contributed by atoms with Crippen LogP contribution in [-0.4, -0.2) is 22.7 Å². The number of carbonyl (C=O) groups excluding carboxylic acids is 1. The molecule has 2 heterocycles. The number of ether oxygens (including phenoxy) is 1. The summed E-state index contributed by atoms with van der Waals surface area (Å²) in [6.45, 7) is 4.12. The number of thiophene rings is 1. The first-order chi connectivity index (χ1) is 11.2. The van der Waals surface area contributed by atoms with Crippen molar-refractivity contribution in [2.75, 3.05) is 11.9 Å². The second-order valence-corrected chi connectivity index (χ2v) is 5.61. The largest absolute Gasteiger partial charge is 0.493 e. The van der Waals surface area contributed by atoms with E-state index in [9.17, 15) is 4.79 Å². The summed E-state index contributed by atoms with van der Waals surface area (Å²) in [7, 11) is 0. The fourth-order valence-corrected chi connectivity index (χ4v) is 2.86. The molecule has 118 valence electrons. The molecule has 2 aromatic heterocycles. The highest BCUT2D eigenvalue weighted by Crippen LogP contribution is 2.33. The molecule has 0 unspecified atom stereocenters. The minimum absolute atomic E-state index is 0.245. The standard InChI is InChI=1S/C16H15N3O3S/c1-3-21-13-7-5-4-6-11(13)15(20)18-12-8-9-23-14(12)16-17-10(2)19-22-16/h4-9H,3H2,1-2H3,(H,18,20). The van der Waals surface area contributed by atoms with Gasteiger partial charge in [-0.1, -0.05) is 17.3 Å². The molecule has 1 amide bonds. The summed E-state index contributed by atoms with van der Waals surface area (Å²) in [6.07, 6.45) is 0. The maximum Gasteiger partial charge on any atom is 0.270 e. The Morgan fingerprint density at radius 2 is 2.17 bits per heavy atom. The number of hydrogen-bond donors (Lipinski definition) is 1. The van der Waals surface area contributed by atoms with Crippen LogP contribution in [-0.2, 0) is 0 Å². The van der Waals surface area contributed by atoms with Gasteiger partial charge in [-0.25, -0.2) is 0 Å². The molecule has 0 saturated heterocycles. The van der Waals surface area contributed by atoms with Crippen LogP contribution in [0.4, 0.5) is 5.69 Å². The molecule has 0 saturated carbocycles. The van der Waals surface area contributed by atoms with Crippen LogP contribution in [0.5, 0.6) is 5.75 Å². The van der Waals surface area contributed by atoms with Crippen LogP contribution in [0.2, 0.25) is 0 Å². The number of amides is 1. The molecule has 1 N–H and O–H groups in total. The monoisotopic (exact) mass is 329 g/mol. The summed E-state index contributed by atoms with van der Waals surface area (Å²) in [4.78, 5) is 17.5. The zero-order valence-corrected chi connectivity index (χ0v) is 13.5. The van der Waals surface area contributed by atoms with Gasteiger partial charge in [0.1, 0.15) is 10.6 Å². The van der Waals surface area contributed by atoms with Crippen molar-refractivity contribution in [3.05, 3.63) is 47.1 Å². The average Bonchev–Trinajstić information content (AvgIpc) is 3.17.